The fraction of sp³-hybridized carbons (Fsp3) is 0.467. The Morgan fingerprint density at radius 1 is 1.25 bits per heavy atom. The second-order valence-corrected chi connectivity index (χ2v) is 5.98. The summed E-state index contributed by atoms with van der Waals surface area (Å²) in [7, 11) is 0. The molecule has 0 atom stereocenters. The lowest BCUT2D eigenvalue weighted by Crippen LogP contribution is -2.39. The first kappa shape index (κ1) is 16.9. The second-order valence-electron chi connectivity index (χ2n) is 5.06. The third-order valence-electron chi connectivity index (χ3n) is 3.10. The van der Waals surface area contributed by atoms with E-state index in [1.807, 2.05) is 43.0 Å². The molecule has 1 aromatic carbocycles. The Morgan fingerprint density at radius 2 is 1.85 bits per heavy atom. The molecule has 110 valence electrons. The molecule has 0 aliphatic heterocycles. The summed E-state index contributed by atoms with van der Waals surface area (Å²) in [6.45, 7) is 4.96. The number of benzene rings is 1. The van der Waals surface area contributed by atoms with Crippen LogP contribution in [0.5, 0.6) is 0 Å². The molecule has 1 amide bonds. The van der Waals surface area contributed by atoms with E-state index in [1.165, 1.54) is 0 Å². The van der Waals surface area contributed by atoms with Gasteiger partial charge >= 0.3 is 0 Å². The van der Waals surface area contributed by atoms with Gasteiger partial charge in [-0.1, -0.05) is 28.1 Å². The van der Waals surface area contributed by atoms with Gasteiger partial charge in [-0.25, -0.2) is 0 Å². The molecule has 0 aliphatic carbocycles. The predicted octanol–water partition coefficient (Wildman–Crippen LogP) is 2.61. The number of hydrogen-bond acceptors (Lipinski definition) is 3. The van der Waals surface area contributed by atoms with Gasteiger partial charge in [0, 0.05) is 22.5 Å². The van der Waals surface area contributed by atoms with Crippen LogP contribution in [0.15, 0.2) is 28.7 Å². The van der Waals surface area contributed by atoms with Crippen LogP contribution in [0.2, 0.25) is 0 Å². The number of Topliss-reactive ketones (excluding diaryl/α,β-unsaturated/α-hetero) is 1. The number of hydrogen-bond donors (Lipinski definition) is 1. The molecule has 0 saturated carbocycles. The number of ketones is 1. The van der Waals surface area contributed by atoms with Crippen molar-refractivity contribution in [2.24, 2.45) is 5.73 Å². The van der Waals surface area contributed by atoms with Gasteiger partial charge in [-0.2, -0.15) is 0 Å². The number of nitrogens with zero attached hydrogens (tertiary/aromatic N) is 1. The van der Waals surface area contributed by atoms with Crippen LogP contribution in [0.4, 0.5) is 0 Å². The van der Waals surface area contributed by atoms with Crippen molar-refractivity contribution in [1.29, 1.82) is 0 Å². The predicted molar refractivity (Wildman–Crippen MR) is 83.6 cm³/mol. The van der Waals surface area contributed by atoms with Gasteiger partial charge in [0.15, 0.2) is 5.78 Å². The van der Waals surface area contributed by atoms with E-state index in [-0.39, 0.29) is 24.3 Å². The van der Waals surface area contributed by atoms with Crippen LogP contribution in [0.3, 0.4) is 0 Å². The van der Waals surface area contributed by atoms with Gasteiger partial charge < -0.3 is 5.73 Å². The van der Waals surface area contributed by atoms with E-state index < -0.39 is 0 Å². The highest BCUT2D eigenvalue weighted by molar-refractivity contribution is 9.10. The van der Waals surface area contributed by atoms with E-state index in [0.717, 1.165) is 16.5 Å². The van der Waals surface area contributed by atoms with Gasteiger partial charge in [-0.05, 0) is 38.9 Å². The molecule has 0 aromatic heterocycles. The number of carbonyl (C=O) groups is 2. The van der Waals surface area contributed by atoms with Gasteiger partial charge in [0.1, 0.15) is 0 Å². The molecule has 0 fully saturated rings. The van der Waals surface area contributed by atoms with Crippen molar-refractivity contribution in [3.05, 3.63) is 34.3 Å². The van der Waals surface area contributed by atoms with Crippen LogP contribution in [0.25, 0.3) is 0 Å². The third-order valence-corrected chi connectivity index (χ3v) is 3.63. The van der Waals surface area contributed by atoms with E-state index in [1.54, 1.807) is 0 Å². The first-order valence-corrected chi connectivity index (χ1v) is 7.50. The van der Waals surface area contributed by atoms with Crippen LogP contribution >= 0.6 is 15.9 Å². The maximum Gasteiger partial charge on any atom is 0.231 e. The molecular weight excluding hydrogens is 320 g/mol. The topological polar surface area (TPSA) is 63.4 Å². The van der Waals surface area contributed by atoms with E-state index in [2.05, 4.69) is 15.9 Å². The molecule has 2 N–H and O–H groups in total. The van der Waals surface area contributed by atoms with Crippen molar-refractivity contribution in [2.45, 2.75) is 32.7 Å². The lowest BCUT2D eigenvalue weighted by Gasteiger charge is -2.24. The summed E-state index contributed by atoms with van der Waals surface area (Å²) in [5, 5.41) is 0. The zero-order valence-corrected chi connectivity index (χ0v) is 13.5. The summed E-state index contributed by atoms with van der Waals surface area (Å²) in [6.07, 6.45) is 1.20. The molecule has 0 radical (unpaired) electrons. The van der Waals surface area contributed by atoms with E-state index in [0.29, 0.717) is 13.0 Å². The van der Waals surface area contributed by atoms with Crippen molar-refractivity contribution in [3.8, 4) is 0 Å². The highest BCUT2D eigenvalue weighted by Crippen LogP contribution is 2.13. The molecule has 1 aromatic rings. The Morgan fingerprint density at radius 3 is 2.35 bits per heavy atom. The molecule has 0 saturated heterocycles. The minimum atomic E-state index is -0.335. The Labute approximate surface area is 128 Å². The molecule has 0 aliphatic rings. The van der Waals surface area contributed by atoms with Gasteiger partial charge in [-0.3, -0.25) is 14.5 Å². The van der Waals surface area contributed by atoms with E-state index >= 15 is 0 Å². The Balaban J connectivity index is 2.44. The van der Waals surface area contributed by atoms with Crippen LogP contribution < -0.4 is 5.73 Å². The molecule has 0 unspecified atom stereocenters. The lowest BCUT2D eigenvalue weighted by molar-refractivity contribution is -0.119. The average Bonchev–Trinajstić information content (AvgIpc) is 2.37. The molecule has 0 spiro atoms. The number of carbonyl (C=O) groups excluding carboxylic acids is 2. The Kier molecular flexibility index (Phi) is 6.88. The Hall–Kier alpha value is -1.20. The molecule has 4 nitrogen and oxygen atoms in total. The van der Waals surface area contributed by atoms with E-state index in [4.69, 9.17) is 5.73 Å². The number of nitrogens with two attached hydrogens (primary N) is 1. The number of rotatable bonds is 8. The highest BCUT2D eigenvalue weighted by atomic mass is 79.9. The quantitative estimate of drug-likeness (QED) is 0.740. The normalized spacial score (nSPS) is 11.1. The minimum absolute atomic E-state index is 0.125. The summed E-state index contributed by atoms with van der Waals surface area (Å²) in [5.41, 5.74) is 5.94. The zero-order chi connectivity index (χ0) is 15.1. The van der Waals surface area contributed by atoms with Crippen molar-refractivity contribution in [1.82, 2.24) is 4.90 Å². The SMILES string of the molecule is CC(C)N(CCCC(=O)c1ccc(Br)cc1)CC(N)=O. The average molecular weight is 341 g/mol. The van der Waals surface area contributed by atoms with Gasteiger partial charge in [0.25, 0.3) is 0 Å². The minimum Gasteiger partial charge on any atom is -0.369 e. The summed E-state index contributed by atoms with van der Waals surface area (Å²) < 4.78 is 0.960. The summed E-state index contributed by atoms with van der Waals surface area (Å²) in [4.78, 5) is 25.0. The number of amides is 1. The van der Waals surface area contributed by atoms with Crippen LogP contribution in [-0.4, -0.2) is 35.7 Å². The first-order valence-electron chi connectivity index (χ1n) is 6.71. The largest absolute Gasteiger partial charge is 0.369 e. The van der Waals surface area contributed by atoms with E-state index in [9.17, 15) is 9.59 Å². The summed E-state index contributed by atoms with van der Waals surface area (Å²) >= 11 is 3.34. The highest BCUT2D eigenvalue weighted by Gasteiger charge is 2.13. The van der Waals surface area contributed by atoms with Crippen LogP contribution in [0, 0.1) is 0 Å². The number of primary amides is 1. The third kappa shape index (κ3) is 5.84. The summed E-state index contributed by atoms with van der Waals surface area (Å²) in [6, 6.07) is 7.60. The maximum absolute atomic E-state index is 12.0. The maximum atomic E-state index is 12.0. The Bertz CT molecular complexity index is 457. The van der Waals surface area contributed by atoms with Crippen molar-refractivity contribution >= 4 is 27.6 Å². The molecule has 20 heavy (non-hydrogen) atoms. The zero-order valence-electron chi connectivity index (χ0n) is 11.9. The first-order chi connectivity index (χ1) is 9.40. The summed E-state index contributed by atoms with van der Waals surface area (Å²) in [5.74, 6) is -0.210. The molecular formula is C15H21BrN2O2. The fourth-order valence-corrected chi connectivity index (χ4v) is 2.21. The van der Waals surface area contributed by atoms with Crippen LogP contribution in [-0.2, 0) is 4.79 Å². The van der Waals surface area contributed by atoms with Gasteiger partial charge in [-0.15, -0.1) is 0 Å². The lowest BCUT2D eigenvalue weighted by atomic mass is 10.1. The monoisotopic (exact) mass is 340 g/mol. The van der Waals surface area contributed by atoms with Crippen molar-refractivity contribution in [2.75, 3.05) is 13.1 Å². The number of halogens is 1. The fourth-order valence-electron chi connectivity index (χ4n) is 1.94. The van der Waals surface area contributed by atoms with Gasteiger partial charge in [0.2, 0.25) is 5.91 Å². The standard InChI is InChI=1S/C15H21BrN2O2/c1-11(2)18(10-15(17)20)9-3-4-14(19)12-5-7-13(16)8-6-12/h5-8,11H,3-4,9-10H2,1-2H3,(H2,17,20). The van der Waals surface area contributed by atoms with Crippen molar-refractivity contribution < 1.29 is 9.59 Å². The second kappa shape index (κ2) is 8.17. The van der Waals surface area contributed by atoms with Crippen molar-refractivity contribution in [3.63, 3.8) is 0 Å². The molecule has 0 heterocycles. The van der Waals surface area contributed by atoms with Crippen LogP contribution in [0.1, 0.15) is 37.0 Å². The smallest absolute Gasteiger partial charge is 0.231 e. The molecule has 0 bridgehead atoms. The van der Waals surface area contributed by atoms with Gasteiger partial charge in [0.05, 0.1) is 6.54 Å². The molecule has 1 rings (SSSR count). The molecule has 5 heteroatoms.